The van der Waals surface area contributed by atoms with Crippen LogP contribution in [0.4, 0.5) is 0 Å². The molecule has 0 N–H and O–H groups in total. The number of aromatic nitrogens is 5. The van der Waals surface area contributed by atoms with E-state index in [2.05, 4.69) is 181 Å². The number of fused-ring (bicyclic) bond motifs is 7. The molecule has 12 aromatic rings. The van der Waals surface area contributed by atoms with Crippen molar-refractivity contribution < 1.29 is 0 Å². The zero-order chi connectivity index (χ0) is 41.7. The van der Waals surface area contributed by atoms with E-state index in [1.807, 2.05) is 47.7 Å². The van der Waals surface area contributed by atoms with Crippen molar-refractivity contribution in [1.82, 2.24) is 24.5 Å². The fraction of sp³-hybridized carbons (Fsp3) is 0.0175. The average Bonchev–Trinajstić information content (AvgIpc) is 3.91. The van der Waals surface area contributed by atoms with Crippen molar-refractivity contribution in [3.8, 4) is 62.0 Å². The molecule has 8 aromatic carbocycles. The Hall–Kier alpha value is -8.06. The van der Waals surface area contributed by atoms with Crippen molar-refractivity contribution >= 4 is 53.3 Å². The van der Waals surface area contributed by atoms with Crippen LogP contribution >= 0.6 is 11.3 Å². The zero-order valence-electron chi connectivity index (χ0n) is 34.1. The molecular weight excluding hydrogens is 787 g/mol. The van der Waals surface area contributed by atoms with E-state index >= 15 is 0 Å². The van der Waals surface area contributed by atoms with E-state index in [4.69, 9.17) is 19.9 Å². The van der Waals surface area contributed by atoms with Crippen LogP contribution in [-0.2, 0) is 6.42 Å². The monoisotopic (exact) mass is 823 g/mol. The lowest BCUT2D eigenvalue weighted by atomic mass is 9.91. The molecule has 0 aliphatic rings. The molecule has 4 aromatic heterocycles. The van der Waals surface area contributed by atoms with Crippen molar-refractivity contribution in [2.24, 2.45) is 0 Å². The molecule has 6 heteroatoms. The van der Waals surface area contributed by atoms with E-state index in [1.165, 1.54) is 30.9 Å². The van der Waals surface area contributed by atoms with Gasteiger partial charge in [-0.2, -0.15) is 0 Å². The lowest BCUT2D eigenvalue weighted by Gasteiger charge is -2.17. The molecule has 0 saturated heterocycles. The predicted octanol–water partition coefficient (Wildman–Crippen LogP) is 14.7. The van der Waals surface area contributed by atoms with Gasteiger partial charge in [-0.3, -0.25) is 4.57 Å². The first kappa shape index (κ1) is 36.8. The summed E-state index contributed by atoms with van der Waals surface area (Å²) in [5.74, 6) is 2.78. The summed E-state index contributed by atoms with van der Waals surface area (Å²) in [7, 11) is 0. The number of pyridine rings is 1. The summed E-state index contributed by atoms with van der Waals surface area (Å²) in [6.45, 7) is 0. The maximum atomic E-state index is 5.55. The Balaban J connectivity index is 1.14. The summed E-state index contributed by atoms with van der Waals surface area (Å²) in [6, 6.07) is 72.6. The molecule has 5 nitrogen and oxygen atoms in total. The van der Waals surface area contributed by atoms with Gasteiger partial charge in [0.1, 0.15) is 11.6 Å². The molecule has 296 valence electrons. The van der Waals surface area contributed by atoms with E-state index in [-0.39, 0.29) is 0 Å². The summed E-state index contributed by atoms with van der Waals surface area (Å²) in [5, 5.41) is 4.89. The SMILES string of the molecule is c1ccc(-c2ccc(-c3ccccc3)c(-c3cnc(-n4c5ccccc5c5ccc6c7ccccc7sc6c54)c(Cc4nc(-c5ccccc5)nc(-c5ccccc5)n4)c3)c2)cc1. The highest BCUT2D eigenvalue weighted by Crippen LogP contribution is 2.44. The van der Waals surface area contributed by atoms with Gasteiger partial charge in [0.05, 0.1) is 15.7 Å². The number of hydrogen-bond acceptors (Lipinski definition) is 5. The van der Waals surface area contributed by atoms with Crippen molar-refractivity contribution in [3.05, 3.63) is 224 Å². The van der Waals surface area contributed by atoms with Gasteiger partial charge in [0.25, 0.3) is 0 Å². The lowest BCUT2D eigenvalue weighted by Crippen LogP contribution is -2.08. The van der Waals surface area contributed by atoms with Crippen LogP contribution in [0.5, 0.6) is 0 Å². The Kier molecular flexibility index (Phi) is 9.01. The third-order valence-electron chi connectivity index (χ3n) is 12.0. The molecule has 63 heavy (non-hydrogen) atoms. The molecule has 0 bridgehead atoms. The quantitative estimate of drug-likeness (QED) is 0.153. The molecule has 12 rings (SSSR count). The largest absolute Gasteiger partial charge is 0.292 e. The third kappa shape index (κ3) is 6.56. The molecular formula is C57H37N5S. The summed E-state index contributed by atoms with van der Waals surface area (Å²) >= 11 is 1.84. The Labute approximate surface area is 368 Å². The molecule has 0 aliphatic heterocycles. The van der Waals surface area contributed by atoms with Crippen LogP contribution in [0.25, 0.3) is 104 Å². The molecule has 0 radical (unpaired) electrons. The number of thiophene rings is 1. The van der Waals surface area contributed by atoms with Crippen molar-refractivity contribution in [3.63, 3.8) is 0 Å². The minimum absolute atomic E-state index is 0.411. The maximum Gasteiger partial charge on any atom is 0.163 e. The van der Waals surface area contributed by atoms with Crippen LogP contribution in [0.3, 0.4) is 0 Å². The first-order valence-corrected chi connectivity index (χ1v) is 22.0. The van der Waals surface area contributed by atoms with E-state index in [0.717, 1.165) is 66.9 Å². The highest BCUT2D eigenvalue weighted by Gasteiger charge is 2.23. The molecule has 4 heterocycles. The lowest BCUT2D eigenvalue weighted by molar-refractivity contribution is 0.914. The fourth-order valence-corrected chi connectivity index (χ4v) is 10.2. The van der Waals surface area contributed by atoms with Crippen molar-refractivity contribution in [2.45, 2.75) is 6.42 Å². The number of benzene rings is 8. The molecule has 0 aliphatic carbocycles. The van der Waals surface area contributed by atoms with Crippen molar-refractivity contribution in [1.29, 1.82) is 0 Å². The highest BCUT2D eigenvalue weighted by molar-refractivity contribution is 7.26. The maximum absolute atomic E-state index is 5.55. The summed E-state index contributed by atoms with van der Waals surface area (Å²) in [6.07, 6.45) is 2.47. The van der Waals surface area contributed by atoms with Gasteiger partial charge in [-0.15, -0.1) is 11.3 Å². The average molecular weight is 824 g/mol. The Morgan fingerprint density at radius 2 is 1.00 bits per heavy atom. The second kappa shape index (κ2) is 15.4. The van der Waals surface area contributed by atoms with E-state index in [0.29, 0.717) is 23.9 Å². The van der Waals surface area contributed by atoms with E-state index < -0.39 is 0 Å². The van der Waals surface area contributed by atoms with Crippen LogP contribution in [0.2, 0.25) is 0 Å². The van der Waals surface area contributed by atoms with Gasteiger partial charge in [0.2, 0.25) is 0 Å². The molecule has 0 unspecified atom stereocenters. The second-order valence-corrected chi connectivity index (χ2v) is 16.8. The summed E-state index contributed by atoms with van der Waals surface area (Å²) in [4.78, 5) is 21.0. The molecule has 0 atom stereocenters. The standard InChI is InChI=1S/C57H37N5S/c1-5-17-37(18-6-1)41-29-30-44(38-19-7-2-8-20-38)49(34-41)43-33-42(35-52-59-55(39-21-9-3-10-22-39)61-56(60-52)40-23-11-4-12-24-40)57(58-36-43)62-50-27-15-13-25-45(50)47-31-32-48-46-26-14-16-28-51(46)63-54(48)53(47)62/h1-34,36H,35H2. The summed E-state index contributed by atoms with van der Waals surface area (Å²) < 4.78 is 4.89. The second-order valence-electron chi connectivity index (χ2n) is 15.8. The number of para-hydroxylation sites is 1. The smallest absolute Gasteiger partial charge is 0.163 e. The number of rotatable bonds is 8. The fourth-order valence-electron chi connectivity index (χ4n) is 9.00. The molecule has 0 fully saturated rings. The van der Waals surface area contributed by atoms with Crippen LogP contribution in [0.15, 0.2) is 212 Å². The first-order chi connectivity index (χ1) is 31.2. The molecule has 0 spiro atoms. The Bertz CT molecular complexity index is 3580. The predicted molar refractivity (Wildman–Crippen MR) is 261 cm³/mol. The first-order valence-electron chi connectivity index (χ1n) is 21.2. The van der Waals surface area contributed by atoms with Crippen LogP contribution in [-0.4, -0.2) is 24.5 Å². The van der Waals surface area contributed by atoms with E-state index in [9.17, 15) is 0 Å². The number of hydrogen-bond donors (Lipinski definition) is 0. The Morgan fingerprint density at radius 1 is 0.413 bits per heavy atom. The normalized spacial score (nSPS) is 11.6. The van der Waals surface area contributed by atoms with Gasteiger partial charge in [-0.1, -0.05) is 182 Å². The van der Waals surface area contributed by atoms with Crippen LogP contribution < -0.4 is 0 Å². The van der Waals surface area contributed by atoms with Gasteiger partial charge in [0, 0.05) is 61.1 Å². The van der Waals surface area contributed by atoms with Gasteiger partial charge >= 0.3 is 0 Å². The topological polar surface area (TPSA) is 56.5 Å². The Morgan fingerprint density at radius 3 is 1.70 bits per heavy atom. The van der Waals surface area contributed by atoms with Gasteiger partial charge in [-0.05, 0) is 52.1 Å². The minimum Gasteiger partial charge on any atom is -0.292 e. The van der Waals surface area contributed by atoms with Gasteiger partial charge in [-0.25, -0.2) is 19.9 Å². The summed E-state index contributed by atoms with van der Waals surface area (Å²) in [5.41, 5.74) is 11.8. The van der Waals surface area contributed by atoms with Crippen LogP contribution in [0.1, 0.15) is 11.4 Å². The van der Waals surface area contributed by atoms with E-state index in [1.54, 1.807) is 0 Å². The molecule has 0 amide bonds. The minimum atomic E-state index is 0.411. The van der Waals surface area contributed by atoms with Crippen molar-refractivity contribution in [2.75, 3.05) is 0 Å². The third-order valence-corrected chi connectivity index (χ3v) is 13.1. The van der Waals surface area contributed by atoms with Crippen LogP contribution in [0, 0.1) is 0 Å². The highest BCUT2D eigenvalue weighted by atomic mass is 32.1. The number of nitrogens with zero attached hydrogens (tertiary/aromatic N) is 5. The molecule has 0 saturated carbocycles. The van der Waals surface area contributed by atoms with Gasteiger partial charge in [0.15, 0.2) is 11.6 Å². The van der Waals surface area contributed by atoms with Gasteiger partial charge < -0.3 is 0 Å². The zero-order valence-corrected chi connectivity index (χ0v) is 34.9.